The monoisotopic (exact) mass is 116 g/mol. The number of nitrogens with zero attached hydrogens (tertiary/aromatic N) is 1. The van der Waals surface area contributed by atoms with Crippen molar-refractivity contribution in [2.75, 3.05) is 0 Å². The SMILES string of the molecule is C=C(C#N)S(=O)[O-]. The smallest absolute Gasteiger partial charge is 0.107 e. The summed E-state index contributed by atoms with van der Waals surface area (Å²) in [6, 6.07) is 1.36. The van der Waals surface area contributed by atoms with Crippen molar-refractivity contribution in [2.24, 2.45) is 0 Å². The molecule has 0 aliphatic carbocycles. The van der Waals surface area contributed by atoms with Crippen LogP contribution in [0.3, 0.4) is 0 Å². The molecular weight excluding hydrogens is 114 g/mol. The minimum Gasteiger partial charge on any atom is -0.768 e. The zero-order valence-electron chi connectivity index (χ0n) is 3.38. The van der Waals surface area contributed by atoms with Gasteiger partial charge in [-0.05, 0) is 11.1 Å². The molecule has 0 saturated carbocycles. The van der Waals surface area contributed by atoms with E-state index in [9.17, 15) is 8.76 Å². The molecule has 0 radical (unpaired) electrons. The summed E-state index contributed by atoms with van der Waals surface area (Å²) in [7, 11) is 0. The zero-order valence-corrected chi connectivity index (χ0v) is 4.20. The van der Waals surface area contributed by atoms with Crippen LogP contribution in [0.2, 0.25) is 0 Å². The van der Waals surface area contributed by atoms with Gasteiger partial charge in [-0.3, -0.25) is 4.21 Å². The second-order valence-corrected chi connectivity index (χ2v) is 1.73. The van der Waals surface area contributed by atoms with Crippen LogP contribution in [0.5, 0.6) is 0 Å². The number of rotatable bonds is 1. The molecule has 0 aliphatic heterocycles. The molecular formula is C3H2NO2S-. The van der Waals surface area contributed by atoms with E-state index >= 15 is 0 Å². The predicted molar refractivity (Wildman–Crippen MR) is 23.7 cm³/mol. The number of allylic oxidation sites excluding steroid dienone is 1. The van der Waals surface area contributed by atoms with Crippen molar-refractivity contribution in [1.82, 2.24) is 0 Å². The first kappa shape index (κ1) is 6.34. The molecule has 3 nitrogen and oxygen atoms in total. The summed E-state index contributed by atoms with van der Waals surface area (Å²) < 4.78 is 19.2. The Hall–Kier alpha value is -0.660. The van der Waals surface area contributed by atoms with E-state index in [0.717, 1.165) is 0 Å². The quantitative estimate of drug-likeness (QED) is 0.355. The Bertz CT molecular complexity index is 146. The maximum Gasteiger partial charge on any atom is 0.107 e. The minimum absolute atomic E-state index is 0.431. The van der Waals surface area contributed by atoms with Crippen LogP contribution in [-0.2, 0) is 11.1 Å². The molecule has 1 unspecified atom stereocenters. The van der Waals surface area contributed by atoms with E-state index in [0.29, 0.717) is 0 Å². The van der Waals surface area contributed by atoms with Crippen molar-refractivity contribution in [3.05, 3.63) is 11.5 Å². The van der Waals surface area contributed by atoms with Crippen LogP contribution in [0.1, 0.15) is 0 Å². The fourth-order valence-corrected chi connectivity index (χ4v) is 0.112. The highest BCUT2D eigenvalue weighted by Gasteiger charge is 1.83. The van der Waals surface area contributed by atoms with Crippen LogP contribution in [0.25, 0.3) is 0 Å². The summed E-state index contributed by atoms with van der Waals surface area (Å²) in [5, 5.41) is 7.76. The molecule has 0 N–H and O–H groups in total. The van der Waals surface area contributed by atoms with Gasteiger partial charge in [0.25, 0.3) is 0 Å². The van der Waals surface area contributed by atoms with Gasteiger partial charge in [0, 0.05) is 0 Å². The topological polar surface area (TPSA) is 63.9 Å². The van der Waals surface area contributed by atoms with Crippen LogP contribution in [0, 0.1) is 11.3 Å². The first-order valence-electron chi connectivity index (χ1n) is 1.36. The first-order valence-corrected chi connectivity index (χ1v) is 2.44. The standard InChI is InChI=1S/C3H3NO2S/c1-3(2-4)7(5)6/h1H2,(H,5,6)/p-1. The minimum atomic E-state index is -2.42. The van der Waals surface area contributed by atoms with Gasteiger partial charge in [-0.2, -0.15) is 5.26 Å². The fraction of sp³-hybridized carbons (Fsp3) is 0. The molecule has 0 bridgehead atoms. The lowest BCUT2D eigenvalue weighted by molar-refractivity contribution is 0.545. The molecule has 0 amide bonds. The molecule has 0 aliphatic rings. The van der Waals surface area contributed by atoms with Gasteiger partial charge in [-0.25, -0.2) is 0 Å². The van der Waals surface area contributed by atoms with Gasteiger partial charge in [0.1, 0.15) is 6.07 Å². The molecule has 0 aromatic carbocycles. The zero-order chi connectivity index (χ0) is 5.86. The average molecular weight is 116 g/mol. The number of nitriles is 1. The first-order chi connectivity index (χ1) is 3.18. The molecule has 0 aromatic heterocycles. The molecule has 0 spiro atoms. The predicted octanol–water partition coefficient (Wildman–Crippen LogP) is -0.0972. The molecule has 0 heterocycles. The third-order valence-electron chi connectivity index (χ3n) is 0.326. The molecule has 0 aromatic rings. The second kappa shape index (κ2) is 2.50. The molecule has 0 fully saturated rings. The summed E-state index contributed by atoms with van der Waals surface area (Å²) in [6.07, 6.45) is 0. The number of hydrogen-bond donors (Lipinski definition) is 0. The van der Waals surface area contributed by atoms with Gasteiger partial charge < -0.3 is 4.55 Å². The highest BCUT2D eigenvalue weighted by Crippen LogP contribution is 1.88. The Morgan fingerprint density at radius 1 is 2.00 bits per heavy atom. The normalized spacial score (nSPS) is 12.0. The van der Waals surface area contributed by atoms with Gasteiger partial charge in [0.2, 0.25) is 0 Å². The molecule has 38 valence electrons. The molecule has 4 heteroatoms. The highest BCUT2D eigenvalue weighted by atomic mass is 32.2. The van der Waals surface area contributed by atoms with Crippen LogP contribution < -0.4 is 0 Å². The Kier molecular flexibility index (Phi) is 2.27. The van der Waals surface area contributed by atoms with Crippen LogP contribution >= 0.6 is 0 Å². The maximum absolute atomic E-state index is 9.61. The van der Waals surface area contributed by atoms with E-state index in [1.165, 1.54) is 6.07 Å². The van der Waals surface area contributed by atoms with Crippen molar-refractivity contribution in [1.29, 1.82) is 5.26 Å². The van der Waals surface area contributed by atoms with Crippen LogP contribution in [-0.4, -0.2) is 8.76 Å². The molecule has 1 atom stereocenters. The average Bonchev–Trinajstić information content (AvgIpc) is 1.65. The van der Waals surface area contributed by atoms with Gasteiger partial charge in [-0.1, -0.05) is 6.58 Å². The summed E-state index contributed by atoms with van der Waals surface area (Å²) in [6.45, 7) is 2.90. The van der Waals surface area contributed by atoms with Crippen LogP contribution in [0.4, 0.5) is 0 Å². The van der Waals surface area contributed by atoms with E-state index in [1.807, 2.05) is 0 Å². The lowest BCUT2D eigenvalue weighted by atomic mass is 10.7. The van der Waals surface area contributed by atoms with Crippen LogP contribution in [0.15, 0.2) is 11.5 Å². The lowest BCUT2D eigenvalue weighted by Crippen LogP contribution is -1.85. The van der Waals surface area contributed by atoms with Gasteiger partial charge in [-0.15, -0.1) is 0 Å². The fourth-order valence-electron chi connectivity index (χ4n) is 0.0373. The van der Waals surface area contributed by atoms with Gasteiger partial charge in [0.15, 0.2) is 0 Å². The number of hydrogen-bond acceptors (Lipinski definition) is 3. The Morgan fingerprint density at radius 3 is 2.43 bits per heavy atom. The van der Waals surface area contributed by atoms with Gasteiger partial charge >= 0.3 is 0 Å². The summed E-state index contributed by atoms with van der Waals surface area (Å²) in [4.78, 5) is -0.431. The summed E-state index contributed by atoms with van der Waals surface area (Å²) in [5.41, 5.74) is 0. The van der Waals surface area contributed by atoms with Crippen molar-refractivity contribution in [2.45, 2.75) is 0 Å². The van der Waals surface area contributed by atoms with Gasteiger partial charge in [0.05, 0.1) is 4.91 Å². The Morgan fingerprint density at radius 2 is 2.43 bits per heavy atom. The maximum atomic E-state index is 9.61. The third-order valence-corrected chi connectivity index (χ3v) is 0.820. The van der Waals surface area contributed by atoms with E-state index in [2.05, 4.69) is 6.58 Å². The lowest BCUT2D eigenvalue weighted by Gasteiger charge is -1.95. The van der Waals surface area contributed by atoms with Crippen molar-refractivity contribution in [3.63, 3.8) is 0 Å². The Labute approximate surface area is 43.5 Å². The van der Waals surface area contributed by atoms with E-state index < -0.39 is 16.0 Å². The van der Waals surface area contributed by atoms with Crippen molar-refractivity contribution < 1.29 is 8.76 Å². The van der Waals surface area contributed by atoms with Crippen molar-refractivity contribution >= 4 is 11.1 Å². The van der Waals surface area contributed by atoms with E-state index in [1.54, 1.807) is 0 Å². The molecule has 0 rings (SSSR count). The highest BCUT2D eigenvalue weighted by molar-refractivity contribution is 7.83. The van der Waals surface area contributed by atoms with E-state index in [-0.39, 0.29) is 0 Å². The second-order valence-electron chi connectivity index (χ2n) is 0.770. The van der Waals surface area contributed by atoms with E-state index in [4.69, 9.17) is 5.26 Å². The largest absolute Gasteiger partial charge is 0.768 e. The molecule has 7 heavy (non-hydrogen) atoms. The van der Waals surface area contributed by atoms with Crippen molar-refractivity contribution in [3.8, 4) is 6.07 Å². The summed E-state index contributed by atoms with van der Waals surface area (Å²) in [5.74, 6) is 0. The Balaban J connectivity index is 3.90. The molecule has 0 saturated heterocycles. The third kappa shape index (κ3) is 2.09. The summed E-state index contributed by atoms with van der Waals surface area (Å²) >= 11 is -2.42.